The molecule has 0 amide bonds. The van der Waals surface area contributed by atoms with E-state index in [0.29, 0.717) is 11.7 Å². The molecule has 2 aromatic carbocycles. The molecule has 2 saturated carbocycles. The Bertz CT molecular complexity index is 1120. The fourth-order valence-corrected chi connectivity index (χ4v) is 10.5. The van der Waals surface area contributed by atoms with Crippen LogP contribution in [0, 0.1) is 34.9 Å². The van der Waals surface area contributed by atoms with E-state index in [1.165, 1.54) is 34.3 Å². The molecule has 3 aliphatic rings. The summed E-state index contributed by atoms with van der Waals surface area (Å²) >= 11 is 1.43. The molecule has 2 aromatic rings. The normalized spacial score (nSPS) is 30.8. The fourth-order valence-electron chi connectivity index (χ4n) is 6.05. The number of fused-ring (bicyclic) bond motifs is 5. The van der Waals surface area contributed by atoms with Gasteiger partial charge in [0.2, 0.25) is 0 Å². The summed E-state index contributed by atoms with van der Waals surface area (Å²) in [4.78, 5) is 0.804. The Morgan fingerprint density at radius 1 is 1.15 bits per heavy atom. The number of hydrogen-bond acceptors (Lipinski definition) is 5. The summed E-state index contributed by atoms with van der Waals surface area (Å²) in [5.74, 6) is 0.342. The lowest BCUT2D eigenvalue weighted by atomic mass is 9.79. The van der Waals surface area contributed by atoms with E-state index in [2.05, 4.69) is 0 Å². The van der Waals surface area contributed by atoms with Crippen LogP contribution in [0.25, 0.3) is 0 Å². The van der Waals surface area contributed by atoms with E-state index >= 15 is 0 Å². The Morgan fingerprint density at radius 3 is 2.55 bits per heavy atom. The van der Waals surface area contributed by atoms with Gasteiger partial charge in [0.25, 0.3) is 0 Å². The quantitative estimate of drug-likeness (QED) is 0.359. The SMILES string of the molecule is N#Cc1ccc(N2C[C@H]3[C@H]4CC[C@H](C4)[C@@]3(CSc3ccc(F)cc3)S2(O)O)cc1C(F)(F)F. The third-order valence-electron chi connectivity index (χ3n) is 7.54. The smallest absolute Gasteiger partial charge is 0.281 e. The molecule has 10 heteroatoms. The van der Waals surface area contributed by atoms with Crippen LogP contribution in [-0.4, -0.2) is 26.2 Å². The molecule has 3 fully saturated rings. The minimum absolute atomic E-state index is 0.0563. The Balaban J connectivity index is 1.52. The molecular weight excluding hydrogens is 476 g/mol. The molecule has 0 unspecified atom stereocenters. The Hall–Kier alpha value is -1.93. The van der Waals surface area contributed by atoms with Gasteiger partial charge < -0.3 is 0 Å². The molecule has 0 radical (unpaired) electrons. The number of anilines is 1. The zero-order valence-electron chi connectivity index (χ0n) is 17.4. The third kappa shape index (κ3) is 3.43. The van der Waals surface area contributed by atoms with Crippen LogP contribution in [0.1, 0.15) is 30.4 Å². The topological polar surface area (TPSA) is 67.5 Å². The van der Waals surface area contributed by atoms with Crippen molar-refractivity contribution in [2.75, 3.05) is 16.6 Å². The van der Waals surface area contributed by atoms with Crippen molar-refractivity contribution in [2.45, 2.75) is 35.1 Å². The van der Waals surface area contributed by atoms with E-state index in [9.17, 15) is 26.7 Å². The summed E-state index contributed by atoms with van der Waals surface area (Å²) in [6.45, 7) is 0.261. The van der Waals surface area contributed by atoms with Crippen LogP contribution >= 0.6 is 22.5 Å². The molecular formula is C23H22F4N2O2S2. The van der Waals surface area contributed by atoms with Gasteiger partial charge in [-0.25, -0.2) is 4.39 Å². The number of thioether (sulfide) groups is 1. The van der Waals surface area contributed by atoms with Crippen molar-refractivity contribution in [2.24, 2.45) is 17.8 Å². The number of benzene rings is 2. The Labute approximate surface area is 195 Å². The molecule has 2 aliphatic carbocycles. The van der Waals surface area contributed by atoms with Crippen LogP contribution in [-0.2, 0) is 6.18 Å². The van der Waals surface area contributed by atoms with Crippen molar-refractivity contribution in [3.05, 3.63) is 59.4 Å². The molecule has 176 valence electrons. The maximum atomic E-state index is 13.6. The highest BCUT2D eigenvalue weighted by Gasteiger charge is 2.70. The van der Waals surface area contributed by atoms with Crippen molar-refractivity contribution in [1.29, 1.82) is 5.26 Å². The van der Waals surface area contributed by atoms with Crippen LogP contribution in [0.5, 0.6) is 0 Å². The second kappa shape index (κ2) is 7.80. The van der Waals surface area contributed by atoms with Crippen molar-refractivity contribution < 1.29 is 26.7 Å². The van der Waals surface area contributed by atoms with Gasteiger partial charge in [0.05, 0.1) is 27.6 Å². The highest BCUT2D eigenvalue weighted by Crippen LogP contribution is 2.77. The van der Waals surface area contributed by atoms with Crippen molar-refractivity contribution in [3.63, 3.8) is 0 Å². The van der Waals surface area contributed by atoms with Gasteiger partial charge in [-0.1, -0.05) is 0 Å². The van der Waals surface area contributed by atoms with Crippen molar-refractivity contribution >= 4 is 28.2 Å². The van der Waals surface area contributed by atoms with Crippen LogP contribution in [0.4, 0.5) is 23.2 Å². The molecule has 0 spiro atoms. The molecule has 5 rings (SSSR count). The van der Waals surface area contributed by atoms with Gasteiger partial charge in [0.15, 0.2) is 0 Å². The van der Waals surface area contributed by atoms with Gasteiger partial charge in [-0.15, -0.1) is 22.5 Å². The summed E-state index contributed by atoms with van der Waals surface area (Å²) in [5.41, 5.74) is -1.50. The minimum Gasteiger partial charge on any atom is -0.281 e. The zero-order valence-corrected chi connectivity index (χ0v) is 19.1. The zero-order chi connectivity index (χ0) is 23.6. The number of nitriles is 1. The lowest BCUT2D eigenvalue weighted by Crippen LogP contribution is -2.46. The first-order valence-corrected chi connectivity index (χ1v) is 13.1. The number of rotatable bonds is 4. The van der Waals surface area contributed by atoms with Gasteiger partial charge >= 0.3 is 6.18 Å². The van der Waals surface area contributed by atoms with E-state index < -0.39 is 32.8 Å². The molecule has 4 atom stereocenters. The van der Waals surface area contributed by atoms with Crippen LogP contribution in [0.3, 0.4) is 0 Å². The summed E-state index contributed by atoms with van der Waals surface area (Å²) in [5, 5.41) is 9.10. The first kappa shape index (κ1) is 22.8. The molecule has 1 aliphatic heterocycles. The molecule has 4 nitrogen and oxygen atoms in total. The largest absolute Gasteiger partial charge is 0.417 e. The van der Waals surface area contributed by atoms with Gasteiger partial charge in [-0.2, -0.15) is 18.4 Å². The summed E-state index contributed by atoms with van der Waals surface area (Å²) in [6, 6.07) is 10.9. The predicted molar refractivity (Wildman–Crippen MR) is 121 cm³/mol. The molecule has 33 heavy (non-hydrogen) atoms. The Kier molecular flexibility index (Phi) is 5.40. The number of nitrogens with zero attached hydrogens (tertiary/aromatic N) is 2. The first-order chi connectivity index (χ1) is 15.6. The van der Waals surface area contributed by atoms with Gasteiger partial charge in [-0.05, 0) is 73.6 Å². The van der Waals surface area contributed by atoms with Gasteiger partial charge in [-0.3, -0.25) is 13.4 Å². The van der Waals surface area contributed by atoms with E-state index in [4.69, 9.17) is 5.26 Å². The van der Waals surface area contributed by atoms with Crippen LogP contribution in [0.15, 0.2) is 47.4 Å². The predicted octanol–water partition coefficient (Wildman–Crippen LogP) is 6.78. The van der Waals surface area contributed by atoms with Crippen LogP contribution in [0.2, 0.25) is 0 Å². The highest BCUT2D eigenvalue weighted by molar-refractivity contribution is 8.27. The number of halogens is 4. The monoisotopic (exact) mass is 498 g/mol. The van der Waals surface area contributed by atoms with E-state index in [1.807, 2.05) is 0 Å². The number of alkyl halides is 3. The van der Waals surface area contributed by atoms with Crippen LogP contribution < -0.4 is 4.31 Å². The van der Waals surface area contributed by atoms with E-state index in [0.717, 1.165) is 36.3 Å². The molecule has 1 saturated heterocycles. The van der Waals surface area contributed by atoms with Gasteiger partial charge in [0.1, 0.15) is 5.82 Å². The number of hydrogen-bond donors (Lipinski definition) is 2. The second-order valence-electron chi connectivity index (χ2n) is 8.99. The van der Waals surface area contributed by atoms with Gasteiger partial charge in [0, 0.05) is 23.1 Å². The average molecular weight is 499 g/mol. The summed E-state index contributed by atoms with van der Waals surface area (Å²) in [7, 11) is -3.48. The van der Waals surface area contributed by atoms with Crippen molar-refractivity contribution in [3.8, 4) is 6.07 Å². The molecule has 2 N–H and O–H groups in total. The van der Waals surface area contributed by atoms with E-state index in [-0.39, 0.29) is 29.9 Å². The summed E-state index contributed by atoms with van der Waals surface area (Å²) in [6.07, 6.45) is -2.01. The molecule has 0 aromatic heterocycles. The minimum atomic E-state index is -4.73. The maximum Gasteiger partial charge on any atom is 0.417 e. The molecule has 1 heterocycles. The van der Waals surface area contributed by atoms with E-state index in [1.54, 1.807) is 18.2 Å². The second-order valence-corrected chi connectivity index (χ2v) is 12.3. The summed E-state index contributed by atoms with van der Waals surface area (Å²) < 4.78 is 77.7. The first-order valence-electron chi connectivity index (χ1n) is 10.6. The Morgan fingerprint density at radius 2 is 1.88 bits per heavy atom. The maximum absolute atomic E-state index is 13.6. The highest BCUT2D eigenvalue weighted by atomic mass is 32.3. The molecule has 2 bridgehead atoms. The fraction of sp³-hybridized carbons (Fsp3) is 0.435. The van der Waals surface area contributed by atoms with Crippen molar-refractivity contribution in [1.82, 2.24) is 0 Å². The third-order valence-corrected chi connectivity index (χ3v) is 11.7. The standard InChI is InChI=1S/C23H22F4N2O2S2/c24-17-4-7-19(8-5-17)32-13-22-16-3-1-14(9-16)21(22)12-29(33(22,30)31)18-6-2-15(11-28)20(10-18)23(25,26)27/h2,4-8,10,14,16,21,30-31H,1,3,9,12-13H2/t14-,16+,21-,22+/m0/s1. The lowest BCUT2D eigenvalue weighted by molar-refractivity contribution is -0.137. The average Bonchev–Trinajstić information content (AvgIpc) is 3.43. The lowest BCUT2D eigenvalue weighted by Gasteiger charge is -2.53.